The van der Waals surface area contributed by atoms with Gasteiger partial charge in [-0.2, -0.15) is 0 Å². The SMILES string of the molecule is CC(C)Cc1ccc([C@@H](C)CNC(=O)C23C[C@@H]4C[C@H](CC(Cl)(C4)C2)C3)cc1. The zero-order valence-electron chi connectivity index (χ0n) is 17.1. The molecule has 3 heteroatoms. The van der Waals surface area contributed by atoms with Crippen LogP contribution in [0.4, 0.5) is 0 Å². The van der Waals surface area contributed by atoms with Crippen LogP contribution in [-0.2, 0) is 11.2 Å². The number of amides is 1. The van der Waals surface area contributed by atoms with E-state index in [9.17, 15) is 4.79 Å². The number of carbonyl (C=O) groups excluding carboxylic acids is 1. The van der Waals surface area contributed by atoms with E-state index in [1.165, 1.54) is 17.5 Å². The van der Waals surface area contributed by atoms with E-state index in [1.807, 2.05) is 0 Å². The normalized spacial score (nSPS) is 35.4. The summed E-state index contributed by atoms with van der Waals surface area (Å²) >= 11 is 6.89. The fourth-order valence-corrected chi connectivity index (χ4v) is 7.11. The van der Waals surface area contributed by atoms with Gasteiger partial charge in [0.1, 0.15) is 0 Å². The summed E-state index contributed by atoms with van der Waals surface area (Å²) in [6.07, 6.45) is 7.67. The molecule has 5 rings (SSSR count). The quantitative estimate of drug-likeness (QED) is 0.625. The van der Waals surface area contributed by atoms with Gasteiger partial charge in [-0.15, -0.1) is 11.6 Å². The molecule has 2 nitrogen and oxygen atoms in total. The van der Waals surface area contributed by atoms with Crippen LogP contribution >= 0.6 is 11.6 Å². The number of rotatable bonds is 6. The molecule has 27 heavy (non-hydrogen) atoms. The summed E-state index contributed by atoms with van der Waals surface area (Å²) in [7, 11) is 0. The maximum Gasteiger partial charge on any atom is 0.226 e. The highest BCUT2D eigenvalue weighted by Crippen LogP contribution is 2.63. The van der Waals surface area contributed by atoms with Gasteiger partial charge in [-0.1, -0.05) is 45.0 Å². The first-order chi connectivity index (χ1) is 12.8. The molecule has 1 N–H and O–H groups in total. The summed E-state index contributed by atoms with van der Waals surface area (Å²) < 4.78 is 0. The molecular weight excluding hydrogens is 354 g/mol. The van der Waals surface area contributed by atoms with Crippen molar-refractivity contribution >= 4 is 17.5 Å². The molecule has 1 aromatic carbocycles. The van der Waals surface area contributed by atoms with Gasteiger partial charge in [0, 0.05) is 11.4 Å². The molecule has 3 atom stereocenters. The Morgan fingerprint density at radius 2 is 1.74 bits per heavy atom. The molecule has 0 radical (unpaired) electrons. The second-order valence-electron chi connectivity index (χ2n) is 10.3. The van der Waals surface area contributed by atoms with Crippen molar-refractivity contribution in [2.45, 2.75) is 76.5 Å². The lowest BCUT2D eigenvalue weighted by Gasteiger charge is -2.59. The van der Waals surface area contributed by atoms with Gasteiger partial charge in [-0.25, -0.2) is 0 Å². The van der Waals surface area contributed by atoms with Crippen LogP contribution in [0.25, 0.3) is 0 Å². The van der Waals surface area contributed by atoms with Crippen molar-refractivity contribution in [1.82, 2.24) is 5.32 Å². The van der Waals surface area contributed by atoms with Crippen LogP contribution in [0.5, 0.6) is 0 Å². The van der Waals surface area contributed by atoms with E-state index in [0.29, 0.717) is 30.2 Å². The number of alkyl halides is 1. The van der Waals surface area contributed by atoms with Gasteiger partial charge in [0.25, 0.3) is 0 Å². The van der Waals surface area contributed by atoms with Gasteiger partial charge in [0.2, 0.25) is 5.91 Å². The molecular formula is C24H34ClNO. The summed E-state index contributed by atoms with van der Waals surface area (Å²) in [4.78, 5) is 13.1. The molecule has 0 saturated heterocycles. The number of benzene rings is 1. The minimum absolute atomic E-state index is 0.0979. The molecule has 4 aliphatic rings. The third kappa shape index (κ3) is 3.92. The summed E-state index contributed by atoms with van der Waals surface area (Å²) in [6, 6.07) is 8.94. The lowest BCUT2D eigenvalue weighted by molar-refractivity contribution is -0.144. The minimum atomic E-state index is -0.188. The molecule has 0 aliphatic heterocycles. The van der Waals surface area contributed by atoms with E-state index >= 15 is 0 Å². The number of hydrogen-bond donors (Lipinski definition) is 1. The highest BCUT2D eigenvalue weighted by Gasteiger charge is 2.59. The summed E-state index contributed by atoms with van der Waals surface area (Å²) in [5, 5.41) is 3.30. The molecule has 1 aromatic rings. The van der Waals surface area contributed by atoms with E-state index in [1.54, 1.807) is 0 Å². The highest BCUT2D eigenvalue weighted by atomic mass is 35.5. The first kappa shape index (κ1) is 19.3. The van der Waals surface area contributed by atoms with Crippen molar-refractivity contribution in [3.8, 4) is 0 Å². The first-order valence-electron chi connectivity index (χ1n) is 10.8. The zero-order chi connectivity index (χ0) is 19.2. The molecule has 0 heterocycles. The Labute approximate surface area is 169 Å². The van der Waals surface area contributed by atoms with Gasteiger partial charge in [0.15, 0.2) is 0 Å². The van der Waals surface area contributed by atoms with Gasteiger partial charge < -0.3 is 5.32 Å². The van der Waals surface area contributed by atoms with E-state index in [4.69, 9.17) is 11.6 Å². The predicted molar refractivity (Wildman–Crippen MR) is 112 cm³/mol. The number of halogens is 1. The molecule has 148 valence electrons. The molecule has 4 fully saturated rings. The van der Waals surface area contributed by atoms with Gasteiger partial charge >= 0.3 is 0 Å². The number of hydrogen-bond acceptors (Lipinski definition) is 1. The summed E-state index contributed by atoms with van der Waals surface area (Å²) in [5.41, 5.74) is 2.51. The lowest BCUT2D eigenvalue weighted by atomic mass is 9.49. The second-order valence-corrected chi connectivity index (χ2v) is 11.1. The summed E-state index contributed by atoms with van der Waals surface area (Å²) in [6.45, 7) is 7.43. The topological polar surface area (TPSA) is 29.1 Å². The fraction of sp³-hybridized carbons (Fsp3) is 0.708. The van der Waals surface area contributed by atoms with Gasteiger partial charge in [-0.3, -0.25) is 4.79 Å². The van der Waals surface area contributed by atoms with Gasteiger partial charge in [-0.05, 0) is 79.7 Å². The molecule has 0 aromatic heterocycles. The largest absolute Gasteiger partial charge is 0.355 e. The zero-order valence-corrected chi connectivity index (χ0v) is 17.8. The fourth-order valence-electron chi connectivity index (χ4n) is 6.42. The third-order valence-corrected chi connectivity index (χ3v) is 7.68. The van der Waals surface area contributed by atoms with E-state index in [-0.39, 0.29) is 16.2 Å². The van der Waals surface area contributed by atoms with Crippen LogP contribution in [-0.4, -0.2) is 17.3 Å². The average molecular weight is 388 g/mol. The van der Waals surface area contributed by atoms with Crippen LogP contribution in [0.3, 0.4) is 0 Å². The highest BCUT2D eigenvalue weighted by molar-refractivity contribution is 6.24. The Balaban J connectivity index is 1.36. The molecule has 0 unspecified atom stereocenters. The Kier molecular flexibility index (Phi) is 5.08. The Bertz CT molecular complexity index is 681. The smallest absolute Gasteiger partial charge is 0.226 e. The van der Waals surface area contributed by atoms with Crippen LogP contribution in [0.15, 0.2) is 24.3 Å². The lowest BCUT2D eigenvalue weighted by Crippen LogP contribution is -2.58. The Hall–Kier alpha value is -1.02. The standard InChI is InChI=1S/C24H34ClNO/c1-16(2)8-18-4-6-21(7-5-18)17(3)14-26-22(27)23-10-19-9-20(11-23)13-24(25,12-19)15-23/h4-7,16-17,19-20H,8-15H2,1-3H3,(H,26,27)/t17-,19-,20-,23?,24?/m0/s1. The molecule has 0 spiro atoms. The van der Waals surface area contributed by atoms with E-state index in [2.05, 4.69) is 50.4 Å². The minimum Gasteiger partial charge on any atom is -0.355 e. The average Bonchev–Trinajstić information content (AvgIpc) is 2.57. The van der Waals surface area contributed by atoms with Crippen LogP contribution in [0.1, 0.15) is 76.3 Å². The second kappa shape index (κ2) is 7.10. The maximum absolute atomic E-state index is 13.2. The van der Waals surface area contributed by atoms with E-state index < -0.39 is 0 Å². The van der Waals surface area contributed by atoms with Crippen molar-refractivity contribution < 1.29 is 4.79 Å². The van der Waals surface area contributed by atoms with Crippen molar-refractivity contribution in [2.75, 3.05) is 6.54 Å². The third-order valence-electron chi connectivity index (χ3n) is 7.23. The van der Waals surface area contributed by atoms with Crippen molar-refractivity contribution in [2.24, 2.45) is 23.2 Å². The molecule has 4 bridgehead atoms. The number of nitrogens with one attached hydrogen (secondary N) is 1. The molecule has 4 saturated carbocycles. The maximum atomic E-state index is 13.2. The molecule has 4 aliphatic carbocycles. The van der Waals surface area contributed by atoms with Crippen LogP contribution in [0, 0.1) is 23.2 Å². The van der Waals surface area contributed by atoms with Crippen LogP contribution in [0.2, 0.25) is 0 Å². The summed E-state index contributed by atoms with van der Waals surface area (Å²) in [5.74, 6) is 2.62. The van der Waals surface area contributed by atoms with Crippen molar-refractivity contribution in [3.05, 3.63) is 35.4 Å². The van der Waals surface area contributed by atoms with E-state index in [0.717, 1.165) is 38.5 Å². The van der Waals surface area contributed by atoms with Crippen LogP contribution < -0.4 is 5.32 Å². The Morgan fingerprint density at radius 3 is 2.30 bits per heavy atom. The van der Waals surface area contributed by atoms with Gasteiger partial charge in [0.05, 0.1) is 5.41 Å². The van der Waals surface area contributed by atoms with Crippen molar-refractivity contribution in [1.29, 1.82) is 0 Å². The Morgan fingerprint density at radius 1 is 1.11 bits per heavy atom. The van der Waals surface area contributed by atoms with Crippen molar-refractivity contribution in [3.63, 3.8) is 0 Å². The number of carbonyl (C=O) groups is 1. The predicted octanol–water partition coefficient (Wildman–Crippen LogP) is 5.68. The monoisotopic (exact) mass is 387 g/mol. The molecule has 1 amide bonds. The first-order valence-corrected chi connectivity index (χ1v) is 11.2.